The van der Waals surface area contributed by atoms with Gasteiger partial charge in [0.25, 0.3) is 10.0 Å². The number of nitrogens with one attached hydrogen (secondary N) is 4. The zero-order valence-corrected chi connectivity index (χ0v) is 22.4. The minimum atomic E-state index is -4.69. The summed E-state index contributed by atoms with van der Waals surface area (Å²) in [5.74, 6) is -0.213. The number of nitrogens with zero attached hydrogens (tertiary/aromatic N) is 1. The SMILES string of the molecule is Cc1ccc(S(=O)(=O)Nc2nc3ccc(Oc4ccc(NC(=O)Nc5cc(C(F)(F)F)ccc5F)cc4)cc3[nH]2)cc1. The largest absolute Gasteiger partial charge is 0.457 e. The minimum Gasteiger partial charge on any atom is -0.457 e. The number of H-pyrrole nitrogens is 1. The van der Waals surface area contributed by atoms with E-state index in [0.717, 1.165) is 5.56 Å². The predicted octanol–water partition coefficient (Wildman–Crippen LogP) is 7.27. The first-order valence-corrected chi connectivity index (χ1v) is 13.7. The molecule has 0 spiro atoms. The molecule has 14 heteroatoms. The lowest BCUT2D eigenvalue weighted by atomic mass is 10.2. The van der Waals surface area contributed by atoms with Crippen molar-refractivity contribution in [3.63, 3.8) is 0 Å². The Kier molecular flexibility index (Phi) is 7.47. The number of imidazole rings is 1. The zero-order valence-electron chi connectivity index (χ0n) is 21.6. The second-order valence-electron chi connectivity index (χ2n) is 9.08. The molecule has 4 N–H and O–H groups in total. The summed E-state index contributed by atoms with van der Waals surface area (Å²) in [6.07, 6.45) is -4.69. The first-order chi connectivity index (χ1) is 19.9. The van der Waals surface area contributed by atoms with Crippen LogP contribution in [-0.4, -0.2) is 24.4 Å². The third-order valence-electron chi connectivity index (χ3n) is 5.91. The minimum absolute atomic E-state index is 0.0291. The lowest BCUT2D eigenvalue weighted by Crippen LogP contribution is -2.20. The van der Waals surface area contributed by atoms with E-state index in [-0.39, 0.29) is 16.5 Å². The van der Waals surface area contributed by atoms with Crippen LogP contribution in [0.25, 0.3) is 11.0 Å². The van der Waals surface area contributed by atoms with Crippen LogP contribution in [0.4, 0.5) is 39.7 Å². The van der Waals surface area contributed by atoms with Crippen molar-refractivity contribution < 1.29 is 35.5 Å². The van der Waals surface area contributed by atoms with Crippen LogP contribution in [0.1, 0.15) is 11.1 Å². The number of carbonyl (C=O) groups is 1. The molecule has 0 fully saturated rings. The fourth-order valence-electron chi connectivity index (χ4n) is 3.83. The Morgan fingerprint density at radius 1 is 0.881 bits per heavy atom. The van der Waals surface area contributed by atoms with Gasteiger partial charge in [-0.3, -0.25) is 0 Å². The Labute approximate surface area is 236 Å². The fraction of sp³-hybridized carbons (Fsp3) is 0.0714. The number of aromatic nitrogens is 2. The normalized spacial score (nSPS) is 11.7. The molecule has 5 aromatic rings. The van der Waals surface area contributed by atoms with E-state index in [0.29, 0.717) is 40.7 Å². The third-order valence-corrected chi connectivity index (χ3v) is 7.26. The van der Waals surface area contributed by atoms with Crippen molar-refractivity contribution in [3.8, 4) is 11.5 Å². The molecule has 4 aromatic carbocycles. The van der Waals surface area contributed by atoms with Gasteiger partial charge in [0.1, 0.15) is 17.3 Å². The highest BCUT2D eigenvalue weighted by atomic mass is 32.2. The summed E-state index contributed by atoms with van der Waals surface area (Å²) < 4.78 is 86.2. The molecule has 1 aromatic heterocycles. The number of alkyl halides is 3. The average Bonchev–Trinajstić information content (AvgIpc) is 3.31. The smallest absolute Gasteiger partial charge is 0.416 e. The van der Waals surface area contributed by atoms with Gasteiger partial charge in [0.15, 0.2) is 0 Å². The lowest BCUT2D eigenvalue weighted by molar-refractivity contribution is -0.137. The number of aromatic amines is 1. The van der Waals surface area contributed by atoms with Crippen LogP contribution < -0.4 is 20.1 Å². The summed E-state index contributed by atoms with van der Waals surface area (Å²) in [6.45, 7) is 1.85. The molecule has 42 heavy (non-hydrogen) atoms. The number of amides is 2. The van der Waals surface area contributed by atoms with Crippen LogP contribution >= 0.6 is 0 Å². The van der Waals surface area contributed by atoms with Gasteiger partial charge in [-0.05, 0) is 73.7 Å². The number of urea groups is 1. The molecule has 0 aliphatic heterocycles. The number of hydrogen-bond acceptors (Lipinski definition) is 5. The van der Waals surface area contributed by atoms with E-state index in [1.807, 2.05) is 6.92 Å². The predicted molar refractivity (Wildman–Crippen MR) is 149 cm³/mol. The summed E-state index contributed by atoms with van der Waals surface area (Å²) in [6, 6.07) is 18.0. The van der Waals surface area contributed by atoms with Crippen molar-refractivity contribution in [1.82, 2.24) is 9.97 Å². The van der Waals surface area contributed by atoms with Crippen LogP contribution in [0, 0.1) is 12.7 Å². The lowest BCUT2D eigenvalue weighted by Gasteiger charge is -2.12. The molecule has 0 atom stereocenters. The maximum atomic E-state index is 13.9. The number of rotatable bonds is 7. The summed E-state index contributed by atoms with van der Waals surface area (Å²) in [5.41, 5.74) is 0.461. The van der Waals surface area contributed by atoms with Gasteiger partial charge in [-0.15, -0.1) is 0 Å². The van der Waals surface area contributed by atoms with Crippen LogP contribution in [0.15, 0.2) is 89.8 Å². The van der Waals surface area contributed by atoms with Crippen LogP contribution in [0.3, 0.4) is 0 Å². The van der Waals surface area contributed by atoms with Crippen molar-refractivity contribution in [2.45, 2.75) is 18.0 Å². The molecule has 0 bridgehead atoms. The molecule has 2 amide bonds. The van der Waals surface area contributed by atoms with E-state index in [2.05, 4.69) is 25.3 Å². The number of halogens is 4. The molecule has 0 saturated carbocycles. The summed E-state index contributed by atoms with van der Waals surface area (Å²) in [7, 11) is -3.85. The number of anilines is 3. The number of benzene rings is 4. The van der Waals surface area contributed by atoms with Gasteiger partial charge < -0.3 is 20.4 Å². The first-order valence-electron chi connectivity index (χ1n) is 12.2. The topological polar surface area (TPSA) is 125 Å². The first kappa shape index (κ1) is 28.4. The van der Waals surface area contributed by atoms with Gasteiger partial charge in [-0.1, -0.05) is 17.7 Å². The van der Waals surface area contributed by atoms with Crippen molar-refractivity contribution in [1.29, 1.82) is 0 Å². The Balaban J connectivity index is 1.22. The number of ether oxygens (including phenoxy) is 1. The molecule has 1 heterocycles. The molecule has 0 unspecified atom stereocenters. The molecular weight excluding hydrogens is 578 g/mol. The number of carbonyl (C=O) groups excluding carboxylic acids is 1. The van der Waals surface area contributed by atoms with Gasteiger partial charge in [-0.25, -0.2) is 27.3 Å². The molecule has 0 radical (unpaired) electrons. The second kappa shape index (κ2) is 11.0. The third kappa shape index (κ3) is 6.61. The molecule has 5 rings (SSSR count). The van der Waals surface area contributed by atoms with E-state index in [1.165, 1.54) is 36.4 Å². The van der Waals surface area contributed by atoms with E-state index >= 15 is 0 Å². The van der Waals surface area contributed by atoms with E-state index in [9.17, 15) is 30.8 Å². The van der Waals surface area contributed by atoms with Crippen LogP contribution in [0.5, 0.6) is 11.5 Å². The average molecular weight is 600 g/mol. The van der Waals surface area contributed by atoms with Crippen molar-refractivity contribution >= 4 is 44.4 Å². The van der Waals surface area contributed by atoms with Crippen LogP contribution in [-0.2, 0) is 16.2 Å². The van der Waals surface area contributed by atoms with E-state index < -0.39 is 39.3 Å². The highest BCUT2D eigenvalue weighted by Gasteiger charge is 2.31. The molecule has 0 aliphatic carbocycles. The highest BCUT2D eigenvalue weighted by molar-refractivity contribution is 7.92. The van der Waals surface area contributed by atoms with Crippen molar-refractivity contribution in [3.05, 3.63) is 102 Å². The maximum absolute atomic E-state index is 13.9. The quantitative estimate of drug-likeness (QED) is 0.147. The van der Waals surface area contributed by atoms with Crippen LogP contribution in [0.2, 0.25) is 0 Å². The number of sulfonamides is 1. The Morgan fingerprint density at radius 2 is 1.57 bits per heavy atom. The van der Waals surface area contributed by atoms with Crippen molar-refractivity contribution in [2.24, 2.45) is 0 Å². The summed E-state index contributed by atoms with van der Waals surface area (Å²) in [4.78, 5) is 19.5. The van der Waals surface area contributed by atoms with Gasteiger partial charge in [0, 0.05) is 11.8 Å². The number of hydrogen-bond donors (Lipinski definition) is 4. The molecule has 0 aliphatic rings. The number of fused-ring (bicyclic) bond motifs is 1. The molecule has 9 nitrogen and oxygen atoms in total. The number of aryl methyl sites for hydroxylation is 1. The van der Waals surface area contributed by atoms with Crippen molar-refractivity contribution in [2.75, 3.05) is 15.4 Å². The summed E-state index contributed by atoms with van der Waals surface area (Å²) >= 11 is 0. The van der Waals surface area contributed by atoms with Gasteiger partial charge in [0.2, 0.25) is 5.95 Å². The zero-order chi connectivity index (χ0) is 30.1. The second-order valence-corrected chi connectivity index (χ2v) is 10.8. The summed E-state index contributed by atoms with van der Waals surface area (Å²) in [5, 5.41) is 4.47. The van der Waals surface area contributed by atoms with E-state index in [1.54, 1.807) is 30.3 Å². The maximum Gasteiger partial charge on any atom is 0.416 e. The molecular formula is C28H21F4N5O4S. The monoisotopic (exact) mass is 599 g/mol. The molecule has 0 saturated heterocycles. The fourth-order valence-corrected chi connectivity index (χ4v) is 4.79. The van der Waals surface area contributed by atoms with E-state index in [4.69, 9.17) is 4.74 Å². The Hall–Kier alpha value is -5.11. The Morgan fingerprint density at radius 3 is 2.26 bits per heavy atom. The van der Waals surface area contributed by atoms with Gasteiger partial charge in [-0.2, -0.15) is 13.2 Å². The highest BCUT2D eigenvalue weighted by Crippen LogP contribution is 2.32. The standard InChI is InChI=1S/C28H21F4N5O4S/c1-16-2-10-21(11-3-16)42(39,40)37-26-34-23-13-9-20(15-25(23)35-26)41-19-7-5-18(6-8-19)33-27(38)36-24-14-17(28(30,31)32)4-12-22(24)29/h2-15H,1H3,(H2,33,36,38)(H2,34,35,37). The van der Waals surface area contributed by atoms with Gasteiger partial charge >= 0.3 is 12.2 Å². The molecule has 216 valence electrons. The Bertz CT molecular complexity index is 1870. The van der Waals surface area contributed by atoms with Gasteiger partial charge in [0.05, 0.1) is 27.2 Å².